The molecule has 0 bridgehead atoms. The fourth-order valence-electron chi connectivity index (χ4n) is 3.44. The monoisotopic (exact) mass is 265 g/mol. The van der Waals surface area contributed by atoms with E-state index in [0.717, 1.165) is 37.3 Å². The van der Waals surface area contributed by atoms with Crippen molar-refractivity contribution in [1.29, 1.82) is 0 Å². The van der Waals surface area contributed by atoms with Crippen LogP contribution in [0.15, 0.2) is 4.79 Å². The summed E-state index contributed by atoms with van der Waals surface area (Å²) in [5.74, 6) is 2.43. The van der Waals surface area contributed by atoms with E-state index in [0.29, 0.717) is 0 Å². The lowest BCUT2D eigenvalue weighted by molar-refractivity contribution is 0.131. The van der Waals surface area contributed by atoms with Crippen LogP contribution in [-0.2, 0) is 13.6 Å². The van der Waals surface area contributed by atoms with E-state index in [1.165, 1.54) is 37.0 Å². The van der Waals surface area contributed by atoms with Gasteiger partial charge >= 0.3 is 5.69 Å². The van der Waals surface area contributed by atoms with Gasteiger partial charge in [-0.3, -0.25) is 9.88 Å². The predicted molar refractivity (Wildman–Crippen MR) is 72.8 cm³/mol. The Balaban J connectivity index is 1.60. The summed E-state index contributed by atoms with van der Waals surface area (Å²) in [6.07, 6.45) is 3.93. The zero-order valence-corrected chi connectivity index (χ0v) is 11.6. The zero-order valence-electron chi connectivity index (χ0n) is 11.6. The maximum atomic E-state index is 11.4. The Hall–Kier alpha value is -1.14. The number of rotatable bonds is 3. The predicted octanol–water partition coefficient (Wildman–Crippen LogP) is -0.0701. The average molecular weight is 265 g/mol. The van der Waals surface area contributed by atoms with Gasteiger partial charge in [-0.25, -0.2) is 9.48 Å². The van der Waals surface area contributed by atoms with Crippen molar-refractivity contribution in [2.75, 3.05) is 26.2 Å². The second kappa shape index (κ2) is 5.46. The lowest BCUT2D eigenvalue weighted by atomic mass is 9.85. The molecular weight excluding hydrogens is 242 g/mol. The van der Waals surface area contributed by atoms with Crippen molar-refractivity contribution >= 4 is 0 Å². The summed E-state index contributed by atoms with van der Waals surface area (Å²) in [4.78, 5) is 16.6. The number of piperidine rings is 1. The Morgan fingerprint density at radius 2 is 2.26 bits per heavy atom. The Morgan fingerprint density at radius 1 is 1.37 bits per heavy atom. The van der Waals surface area contributed by atoms with E-state index in [1.54, 1.807) is 7.05 Å². The normalized spacial score (nSPS) is 28.9. The third-order valence-electron chi connectivity index (χ3n) is 4.50. The molecule has 6 nitrogen and oxygen atoms in total. The first kappa shape index (κ1) is 12.9. The second-order valence-electron chi connectivity index (χ2n) is 5.89. The number of aryl methyl sites for hydroxylation is 1. The summed E-state index contributed by atoms with van der Waals surface area (Å²) in [6.45, 7) is 5.39. The SMILES string of the molecule is Cn1nc(CN2CCCC(C3CCNC3)C2)[nH]c1=O. The van der Waals surface area contributed by atoms with E-state index in [-0.39, 0.29) is 5.69 Å². The zero-order chi connectivity index (χ0) is 13.2. The third kappa shape index (κ3) is 2.90. The molecule has 2 aliphatic heterocycles. The minimum Gasteiger partial charge on any atom is -0.316 e. The van der Waals surface area contributed by atoms with Crippen LogP contribution in [0, 0.1) is 11.8 Å². The lowest BCUT2D eigenvalue weighted by Gasteiger charge is -2.35. The Labute approximate surface area is 113 Å². The van der Waals surface area contributed by atoms with Crippen molar-refractivity contribution in [2.24, 2.45) is 18.9 Å². The molecule has 3 rings (SSSR count). The van der Waals surface area contributed by atoms with E-state index in [2.05, 4.69) is 20.3 Å². The smallest absolute Gasteiger partial charge is 0.316 e. The molecule has 2 atom stereocenters. The molecule has 2 saturated heterocycles. The number of H-pyrrole nitrogens is 1. The summed E-state index contributed by atoms with van der Waals surface area (Å²) >= 11 is 0. The van der Waals surface area contributed by atoms with E-state index in [4.69, 9.17) is 0 Å². The van der Waals surface area contributed by atoms with Gasteiger partial charge < -0.3 is 5.32 Å². The van der Waals surface area contributed by atoms with Gasteiger partial charge in [0, 0.05) is 13.6 Å². The molecule has 1 aromatic heterocycles. The van der Waals surface area contributed by atoms with Crippen LogP contribution >= 0.6 is 0 Å². The van der Waals surface area contributed by atoms with E-state index in [9.17, 15) is 4.79 Å². The third-order valence-corrected chi connectivity index (χ3v) is 4.50. The number of likely N-dealkylation sites (tertiary alicyclic amines) is 1. The number of hydrogen-bond acceptors (Lipinski definition) is 4. The van der Waals surface area contributed by atoms with Gasteiger partial charge in [0.05, 0.1) is 6.54 Å². The number of nitrogens with one attached hydrogen (secondary N) is 2. The minimum absolute atomic E-state index is 0.122. The average Bonchev–Trinajstić information content (AvgIpc) is 3.01. The standard InChI is InChI=1S/C13H23N5O/c1-17-13(19)15-12(16-17)9-18-6-2-3-11(8-18)10-4-5-14-7-10/h10-11,14H,2-9H2,1H3,(H,15,16,19). The van der Waals surface area contributed by atoms with Crippen molar-refractivity contribution in [3.05, 3.63) is 16.3 Å². The highest BCUT2D eigenvalue weighted by atomic mass is 16.1. The molecule has 6 heteroatoms. The van der Waals surface area contributed by atoms with Gasteiger partial charge in [-0.05, 0) is 50.7 Å². The van der Waals surface area contributed by atoms with E-state index >= 15 is 0 Å². The molecule has 0 saturated carbocycles. The molecular formula is C13H23N5O. The molecule has 19 heavy (non-hydrogen) atoms. The van der Waals surface area contributed by atoms with Crippen LogP contribution in [0.3, 0.4) is 0 Å². The van der Waals surface area contributed by atoms with Crippen LogP contribution in [0.25, 0.3) is 0 Å². The van der Waals surface area contributed by atoms with Gasteiger partial charge in [-0.1, -0.05) is 0 Å². The van der Waals surface area contributed by atoms with E-state index in [1.807, 2.05) is 0 Å². The van der Waals surface area contributed by atoms with Gasteiger partial charge in [-0.2, -0.15) is 5.10 Å². The van der Waals surface area contributed by atoms with Crippen LogP contribution < -0.4 is 11.0 Å². The first-order valence-corrected chi connectivity index (χ1v) is 7.27. The first-order chi connectivity index (χ1) is 9.22. The highest BCUT2D eigenvalue weighted by Crippen LogP contribution is 2.28. The summed E-state index contributed by atoms with van der Waals surface area (Å²) in [5, 5.41) is 7.68. The maximum Gasteiger partial charge on any atom is 0.343 e. The number of aromatic amines is 1. The van der Waals surface area contributed by atoms with Gasteiger partial charge in [0.1, 0.15) is 5.82 Å². The molecule has 3 heterocycles. The van der Waals surface area contributed by atoms with Gasteiger partial charge in [0.25, 0.3) is 0 Å². The summed E-state index contributed by atoms with van der Waals surface area (Å²) in [6, 6.07) is 0. The molecule has 2 unspecified atom stereocenters. The lowest BCUT2D eigenvalue weighted by Crippen LogP contribution is -2.38. The highest BCUT2D eigenvalue weighted by Gasteiger charge is 2.29. The Bertz CT molecular complexity index is 474. The molecule has 106 valence electrons. The van der Waals surface area contributed by atoms with Crippen molar-refractivity contribution in [2.45, 2.75) is 25.8 Å². The number of aromatic nitrogens is 3. The molecule has 0 aliphatic carbocycles. The molecule has 1 aromatic rings. The van der Waals surface area contributed by atoms with Crippen molar-refractivity contribution in [1.82, 2.24) is 25.0 Å². The highest BCUT2D eigenvalue weighted by molar-refractivity contribution is 4.87. The largest absolute Gasteiger partial charge is 0.343 e. The van der Waals surface area contributed by atoms with Crippen molar-refractivity contribution < 1.29 is 0 Å². The van der Waals surface area contributed by atoms with Crippen molar-refractivity contribution in [3.8, 4) is 0 Å². The van der Waals surface area contributed by atoms with Crippen LogP contribution in [0.2, 0.25) is 0 Å². The Kier molecular flexibility index (Phi) is 3.70. The van der Waals surface area contributed by atoms with Crippen LogP contribution in [-0.4, -0.2) is 45.8 Å². The van der Waals surface area contributed by atoms with Crippen LogP contribution in [0.1, 0.15) is 25.1 Å². The maximum absolute atomic E-state index is 11.4. The quantitative estimate of drug-likeness (QED) is 0.803. The van der Waals surface area contributed by atoms with E-state index < -0.39 is 0 Å². The second-order valence-corrected chi connectivity index (χ2v) is 5.89. The fraction of sp³-hybridized carbons (Fsp3) is 0.846. The Morgan fingerprint density at radius 3 is 2.95 bits per heavy atom. The van der Waals surface area contributed by atoms with Crippen LogP contribution in [0.4, 0.5) is 0 Å². The molecule has 0 amide bonds. The van der Waals surface area contributed by atoms with Crippen LogP contribution in [0.5, 0.6) is 0 Å². The van der Waals surface area contributed by atoms with Gasteiger partial charge in [-0.15, -0.1) is 0 Å². The first-order valence-electron chi connectivity index (χ1n) is 7.27. The molecule has 2 fully saturated rings. The summed E-state index contributed by atoms with van der Waals surface area (Å²) in [5.41, 5.74) is -0.122. The minimum atomic E-state index is -0.122. The fourth-order valence-corrected chi connectivity index (χ4v) is 3.44. The molecule has 2 N–H and O–H groups in total. The summed E-state index contributed by atoms with van der Waals surface area (Å²) in [7, 11) is 1.69. The van der Waals surface area contributed by atoms with Crippen molar-refractivity contribution in [3.63, 3.8) is 0 Å². The molecule has 0 aromatic carbocycles. The molecule has 2 aliphatic rings. The molecule has 0 radical (unpaired) electrons. The molecule has 0 spiro atoms. The van der Waals surface area contributed by atoms with Gasteiger partial charge in [0.2, 0.25) is 0 Å². The number of hydrogen-bond donors (Lipinski definition) is 2. The summed E-state index contributed by atoms with van der Waals surface area (Å²) < 4.78 is 1.37. The number of nitrogens with zero attached hydrogens (tertiary/aromatic N) is 3. The van der Waals surface area contributed by atoms with Gasteiger partial charge in [0.15, 0.2) is 0 Å². The topological polar surface area (TPSA) is 66.0 Å².